The van der Waals surface area contributed by atoms with Gasteiger partial charge < -0.3 is 14.4 Å². The van der Waals surface area contributed by atoms with Gasteiger partial charge in [-0.3, -0.25) is 4.79 Å². The first kappa shape index (κ1) is 19.2. The molecule has 2 aromatic carbocycles. The fourth-order valence-corrected chi connectivity index (χ4v) is 3.84. The number of amides is 1. The molecule has 0 radical (unpaired) electrons. The summed E-state index contributed by atoms with van der Waals surface area (Å²) in [6.07, 6.45) is 2.33. The third-order valence-corrected chi connectivity index (χ3v) is 5.46. The van der Waals surface area contributed by atoms with Crippen LogP contribution in [-0.4, -0.2) is 58.3 Å². The first-order valence-electron chi connectivity index (χ1n) is 9.15. The lowest BCUT2D eigenvalue weighted by atomic mass is 9.98. The van der Waals surface area contributed by atoms with Crippen LogP contribution in [-0.2, 0) is 0 Å². The van der Waals surface area contributed by atoms with Crippen molar-refractivity contribution in [2.24, 2.45) is 0 Å². The molecule has 0 N–H and O–H groups in total. The van der Waals surface area contributed by atoms with Gasteiger partial charge in [-0.1, -0.05) is 23.7 Å². The van der Waals surface area contributed by atoms with Gasteiger partial charge in [0, 0.05) is 25.1 Å². The number of carbonyl (C=O) groups is 1. The van der Waals surface area contributed by atoms with E-state index in [1.54, 1.807) is 19.2 Å². The Bertz CT molecular complexity index is 1010. The number of nitrogens with zero attached hydrogens (tertiary/aromatic N) is 5. The highest BCUT2D eigenvalue weighted by Gasteiger charge is 2.30. The minimum absolute atomic E-state index is 0.108. The van der Waals surface area contributed by atoms with Crippen LogP contribution in [0.4, 0.5) is 0 Å². The molecule has 1 saturated heterocycles. The van der Waals surface area contributed by atoms with E-state index >= 15 is 0 Å². The van der Waals surface area contributed by atoms with Gasteiger partial charge in [-0.25, -0.2) is 0 Å². The van der Waals surface area contributed by atoms with Gasteiger partial charge in [0.05, 0.1) is 30.5 Å². The van der Waals surface area contributed by atoms with E-state index in [2.05, 4.69) is 27.7 Å². The van der Waals surface area contributed by atoms with E-state index in [9.17, 15) is 4.79 Å². The molecule has 0 bridgehead atoms. The summed E-state index contributed by atoms with van der Waals surface area (Å²) in [4.78, 5) is 15.0. The fraction of sp³-hybridized carbons (Fsp3) is 0.300. The largest absolute Gasteiger partial charge is 0.497 e. The minimum Gasteiger partial charge on any atom is -0.497 e. The van der Waals surface area contributed by atoms with E-state index < -0.39 is 0 Å². The van der Waals surface area contributed by atoms with Crippen molar-refractivity contribution < 1.29 is 14.3 Å². The molecule has 1 aliphatic heterocycles. The van der Waals surface area contributed by atoms with Crippen LogP contribution in [0.2, 0.25) is 5.02 Å². The van der Waals surface area contributed by atoms with Gasteiger partial charge in [-0.2, -0.15) is 4.68 Å². The fourth-order valence-electron chi connectivity index (χ4n) is 3.59. The molecule has 1 unspecified atom stereocenters. The summed E-state index contributed by atoms with van der Waals surface area (Å²) in [5, 5.41) is 11.4. The monoisotopic (exact) mass is 413 g/mol. The van der Waals surface area contributed by atoms with Crippen molar-refractivity contribution in [2.75, 3.05) is 27.3 Å². The number of methoxy groups -OCH3 is 2. The molecule has 29 heavy (non-hydrogen) atoms. The Kier molecular flexibility index (Phi) is 5.35. The highest BCUT2D eigenvalue weighted by atomic mass is 35.5. The zero-order chi connectivity index (χ0) is 20.4. The van der Waals surface area contributed by atoms with Crippen LogP contribution >= 0.6 is 11.6 Å². The highest BCUT2D eigenvalue weighted by Crippen LogP contribution is 2.33. The number of hydrogen-bond acceptors (Lipinski definition) is 6. The third-order valence-electron chi connectivity index (χ3n) is 5.16. The molecule has 0 aliphatic carbocycles. The quantitative estimate of drug-likeness (QED) is 0.639. The summed E-state index contributed by atoms with van der Waals surface area (Å²) in [5.41, 5.74) is 2.16. The van der Waals surface area contributed by atoms with Crippen molar-refractivity contribution in [3.05, 3.63) is 58.9 Å². The Labute approximate surface area is 173 Å². The summed E-state index contributed by atoms with van der Waals surface area (Å²) in [6.45, 7) is 1.31. The third kappa shape index (κ3) is 3.75. The normalized spacial score (nSPS) is 16.1. The van der Waals surface area contributed by atoms with E-state index in [1.165, 1.54) is 23.7 Å². The zero-order valence-corrected chi connectivity index (χ0v) is 16.8. The summed E-state index contributed by atoms with van der Waals surface area (Å²) in [6, 6.07) is 11.3. The molecule has 1 aliphatic rings. The number of ether oxygens (including phenoxy) is 2. The van der Waals surface area contributed by atoms with Gasteiger partial charge in [0.15, 0.2) is 0 Å². The van der Waals surface area contributed by atoms with Crippen LogP contribution in [0.1, 0.15) is 28.3 Å². The number of benzene rings is 2. The molecule has 3 aromatic rings. The van der Waals surface area contributed by atoms with E-state index in [0.29, 0.717) is 35.1 Å². The van der Waals surface area contributed by atoms with E-state index in [-0.39, 0.29) is 11.8 Å². The van der Waals surface area contributed by atoms with Crippen LogP contribution in [0.3, 0.4) is 0 Å². The van der Waals surface area contributed by atoms with Crippen LogP contribution in [0, 0.1) is 0 Å². The number of halogens is 1. The molecule has 8 nitrogen and oxygen atoms in total. The number of carbonyl (C=O) groups excluding carboxylic acids is 1. The topological polar surface area (TPSA) is 82.4 Å². The van der Waals surface area contributed by atoms with Crippen molar-refractivity contribution in [1.29, 1.82) is 0 Å². The molecule has 1 amide bonds. The number of likely N-dealkylation sites (tertiary alicyclic amines) is 1. The maximum atomic E-state index is 13.2. The number of tetrazole rings is 1. The van der Waals surface area contributed by atoms with Crippen LogP contribution in [0.5, 0.6) is 11.5 Å². The van der Waals surface area contributed by atoms with Crippen molar-refractivity contribution in [3.63, 3.8) is 0 Å². The second kappa shape index (κ2) is 8.08. The highest BCUT2D eigenvalue weighted by molar-refractivity contribution is 6.33. The Morgan fingerprint density at radius 2 is 1.97 bits per heavy atom. The molecule has 0 saturated carbocycles. The molecule has 2 heterocycles. The lowest BCUT2D eigenvalue weighted by Crippen LogP contribution is -2.29. The smallest absolute Gasteiger partial charge is 0.257 e. The zero-order valence-electron chi connectivity index (χ0n) is 16.1. The first-order valence-corrected chi connectivity index (χ1v) is 9.52. The van der Waals surface area contributed by atoms with Crippen LogP contribution in [0.15, 0.2) is 42.7 Å². The molecule has 150 valence electrons. The van der Waals surface area contributed by atoms with Gasteiger partial charge in [0.25, 0.3) is 5.91 Å². The molecular weight excluding hydrogens is 394 g/mol. The molecule has 1 fully saturated rings. The summed E-state index contributed by atoms with van der Waals surface area (Å²) >= 11 is 6.40. The predicted molar refractivity (Wildman–Crippen MR) is 107 cm³/mol. The maximum absolute atomic E-state index is 13.2. The van der Waals surface area contributed by atoms with E-state index in [0.717, 1.165) is 12.2 Å². The molecular formula is C20H20ClN5O3. The summed E-state index contributed by atoms with van der Waals surface area (Å²) in [7, 11) is 3.17. The first-order chi connectivity index (χ1) is 14.1. The number of rotatable bonds is 5. The van der Waals surface area contributed by atoms with Crippen LogP contribution < -0.4 is 9.47 Å². The Balaban J connectivity index is 1.55. The van der Waals surface area contributed by atoms with Gasteiger partial charge in [-0.05, 0) is 40.6 Å². The second-order valence-electron chi connectivity index (χ2n) is 6.77. The average Bonchev–Trinajstić information content (AvgIpc) is 3.45. The Morgan fingerprint density at radius 3 is 2.62 bits per heavy atom. The molecule has 0 spiro atoms. The molecule has 1 aromatic heterocycles. The molecule has 4 rings (SSSR count). The average molecular weight is 414 g/mol. The van der Waals surface area contributed by atoms with Crippen molar-refractivity contribution in [3.8, 4) is 17.2 Å². The van der Waals surface area contributed by atoms with Crippen molar-refractivity contribution in [1.82, 2.24) is 25.1 Å². The number of aromatic nitrogens is 4. The number of hydrogen-bond donors (Lipinski definition) is 0. The SMILES string of the molecule is COc1ccc(C2CCN(C(=O)c3cc(Cl)c(-n4cnnn4)cc3OC)C2)cc1. The van der Waals surface area contributed by atoms with Gasteiger partial charge in [0.1, 0.15) is 17.8 Å². The van der Waals surface area contributed by atoms with Crippen molar-refractivity contribution in [2.45, 2.75) is 12.3 Å². The lowest BCUT2D eigenvalue weighted by Gasteiger charge is -2.19. The van der Waals surface area contributed by atoms with Gasteiger partial charge in [-0.15, -0.1) is 5.10 Å². The predicted octanol–water partition coefficient (Wildman–Crippen LogP) is 2.96. The van der Waals surface area contributed by atoms with Gasteiger partial charge in [0.2, 0.25) is 0 Å². The van der Waals surface area contributed by atoms with Crippen molar-refractivity contribution >= 4 is 17.5 Å². The summed E-state index contributed by atoms with van der Waals surface area (Å²) < 4.78 is 12.1. The maximum Gasteiger partial charge on any atom is 0.257 e. The Morgan fingerprint density at radius 1 is 1.17 bits per heavy atom. The molecule has 9 heteroatoms. The van der Waals surface area contributed by atoms with Crippen LogP contribution in [0.25, 0.3) is 5.69 Å². The van der Waals surface area contributed by atoms with E-state index in [1.807, 2.05) is 17.0 Å². The summed E-state index contributed by atoms with van der Waals surface area (Å²) in [5.74, 6) is 1.43. The second-order valence-corrected chi connectivity index (χ2v) is 7.18. The lowest BCUT2D eigenvalue weighted by molar-refractivity contribution is 0.0787. The minimum atomic E-state index is -0.108. The molecule has 1 atom stereocenters. The van der Waals surface area contributed by atoms with E-state index in [4.69, 9.17) is 21.1 Å². The standard InChI is InChI=1S/C20H20ClN5O3/c1-28-15-5-3-13(4-6-15)14-7-8-25(11-14)20(27)16-9-17(21)18(10-19(16)29-2)26-12-22-23-24-26/h3-6,9-10,12,14H,7-8,11H2,1-2H3. The Hall–Kier alpha value is -3.13. The van der Waals surface area contributed by atoms with Gasteiger partial charge >= 0.3 is 0 Å².